The standard InChI is InChI=1S/C23H23FN2O3/c1-27-22-12-7-19(13-23(22)28-2)15-26-25-14-17-5-10-21(11-6-17)29-16-18-3-8-20(24)9-4-18/h3-14,26H,15-16H2,1-2H3/b25-14+. The third kappa shape index (κ3) is 5.97. The fourth-order valence-electron chi connectivity index (χ4n) is 2.65. The molecule has 150 valence electrons. The largest absolute Gasteiger partial charge is 0.493 e. The maximum atomic E-state index is 12.9. The summed E-state index contributed by atoms with van der Waals surface area (Å²) in [6.07, 6.45) is 1.74. The molecule has 0 aliphatic carbocycles. The first-order valence-corrected chi connectivity index (χ1v) is 9.12. The molecule has 0 bridgehead atoms. The Bertz CT molecular complexity index is 941. The van der Waals surface area contributed by atoms with E-state index in [1.54, 1.807) is 32.6 Å². The molecule has 1 N–H and O–H groups in total. The van der Waals surface area contributed by atoms with Crippen molar-refractivity contribution in [1.82, 2.24) is 5.43 Å². The first-order chi connectivity index (χ1) is 14.2. The molecule has 0 aromatic heterocycles. The smallest absolute Gasteiger partial charge is 0.161 e. The van der Waals surface area contributed by atoms with Gasteiger partial charge in [-0.2, -0.15) is 5.10 Å². The summed E-state index contributed by atoms with van der Waals surface area (Å²) in [5, 5.41) is 4.24. The van der Waals surface area contributed by atoms with Crippen molar-refractivity contribution in [3.05, 3.63) is 89.2 Å². The van der Waals surface area contributed by atoms with Crippen LogP contribution in [0.15, 0.2) is 71.8 Å². The summed E-state index contributed by atoms with van der Waals surface area (Å²) < 4.78 is 29.1. The Kier molecular flexibility index (Phi) is 7.05. The van der Waals surface area contributed by atoms with Gasteiger partial charge in [0, 0.05) is 0 Å². The van der Waals surface area contributed by atoms with Crippen LogP contribution >= 0.6 is 0 Å². The SMILES string of the molecule is COc1ccc(CN/N=C/c2ccc(OCc3ccc(F)cc3)cc2)cc1OC. The Hall–Kier alpha value is -3.54. The molecular weight excluding hydrogens is 371 g/mol. The monoisotopic (exact) mass is 394 g/mol. The number of halogens is 1. The predicted octanol–water partition coefficient (Wildman–Crippen LogP) is 4.55. The number of rotatable bonds is 9. The molecule has 0 amide bonds. The molecular formula is C23H23FN2O3. The Morgan fingerprint density at radius 2 is 1.55 bits per heavy atom. The maximum Gasteiger partial charge on any atom is 0.161 e. The van der Waals surface area contributed by atoms with Crippen molar-refractivity contribution >= 4 is 6.21 Å². The second-order valence-corrected chi connectivity index (χ2v) is 6.27. The Morgan fingerprint density at radius 3 is 2.24 bits per heavy atom. The molecule has 0 saturated carbocycles. The van der Waals surface area contributed by atoms with Gasteiger partial charge in [-0.3, -0.25) is 0 Å². The van der Waals surface area contributed by atoms with Gasteiger partial charge in [-0.05, 0) is 65.2 Å². The van der Waals surface area contributed by atoms with Gasteiger partial charge in [0.1, 0.15) is 18.2 Å². The third-order valence-corrected chi connectivity index (χ3v) is 4.23. The number of hydrazone groups is 1. The van der Waals surface area contributed by atoms with Gasteiger partial charge in [-0.25, -0.2) is 4.39 Å². The van der Waals surface area contributed by atoms with Crippen LogP contribution in [0.4, 0.5) is 4.39 Å². The molecule has 6 heteroatoms. The average molecular weight is 394 g/mol. The van der Waals surface area contributed by atoms with Crippen molar-refractivity contribution in [3.8, 4) is 17.2 Å². The molecule has 3 aromatic rings. The molecule has 0 heterocycles. The number of methoxy groups -OCH3 is 2. The van der Waals surface area contributed by atoms with Crippen LogP contribution < -0.4 is 19.6 Å². The van der Waals surface area contributed by atoms with E-state index in [9.17, 15) is 4.39 Å². The molecule has 0 atom stereocenters. The fourth-order valence-corrected chi connectivity index (χ4v) is 2.65. The molecule has 0 saturated heterocycles. The van der Waals surface area contributed by atoms with Crippen LogP contribution in [0.1, 0.15) is 16.7 Å². The third-order valence-electron chi connectivity index (χ3n) is 4.23. The summed E-state index contributed by atoms with van der Waals surface area (Å²) in [6, 6.07) is 19.6. The summed E-state index contributed by atoms with van der Waals surface area (Å²) >= 11 is 0. The molecule has 0 fully saturated rings. The summed E-state index contributed by atoms with van der Waals surface area (Å²) in [4.78, 5) is 0. The highest BCUT2D eigenvalue weighted by Crippen LogP contribution is 2.27. The van der Waals surface area contributed by atoms with Crippen molar-refractivity contribution in [2.75, 3.05) is 14.2 Å². The van der Waals surface area contributed by atoms with E-state index in [1.165, 1.54) is 12.1 Å². The fraction of sp³-hybridized carbons (Fsp3) is 0.174. The highest BCUT2D eigenvalue weighted by atomic mass is 19.1. The van der Waals surface area contributed by atoms with Gasteiger partial charge in [0.05, 0.1) is 27.0 Å². The van der Waals surface area contributed by atoms with E-state index >= 15 is 0 Å². The van der Waals surface area contributed by atoms with Crippen molar-refractivity contribution in [3.63, 3.8) is 0 Å². The summed E-state index contributed by atoms with van der Waals surface area (Å²) in [5.41, 5.74) is 5.90. The first kappa shape index (κ1) is 20.2. The van der Waals surface area contributed by atoms with Crippen molar-refractivity contribution in [2.45, 2.75) is 13.2 Å². The number of ether oxygens (including phenoxy) is 3. The van der Waals surface area contributed by atoms with E-state index in [4.69, 9.17) is 14.2 Å². The lowest BCUT2D eigenvalue weighted by Gasteiger charge is -2.09. The van der Waals surface area contributed by atoms with Crippen LogP contribution in [-0.2, 0) is 13.2 Å². The number of hydrogen-bond donors (Lipinski definition) is 1. The Labute approximate surface area is 169 Å². The zero-order valence-electron chi connectivity index (χ0n) is 16.4. The second-order valence-electron chi connectivity index (χ2n) is 6.27. The van der Waals surface area contributed by atoms with Crippen LogP contribution in [0.5, 0.6) is 17.2 Å². The topological polar surface area (TPSA) is 52.1 Å². The van der Waals surface area contributed by atoms with Crippen LogP contribution in [0.2, 0.25) is 0 Å². The van der Waals surface area contributed by atoms with Crippen molar-refractivity contribution in [2.24, 2.45) is 5.10 Å². The van der Waals surface area contributed by atoms with Gasteiger partial charge in [0.15, 0.2) is 11.5 Å². The quantitative estimate of drug-likeness (QED) is 0.427. The van der Waals surface area contributed by atoms with Gasteiger partial charge in [0.25, 0.3) is 0 Å². The molecule has 29 heavy (non-hydrogen) atoms. The van der Waals surface area contributed by atoms with E-state index in [2.05, 4.69) is 10.5 Å². The number of nitrogens with zero attached hydrogens (tertiary/aromatic N) is 1. The van der Waals surface area contributed by atoms with E-state index in [0.29, 0.717) is 24.7 Å². The van der Waals surface area contributed by atoms with Crippen LogP contribution in [0.25, 0.3) is 0 Å². The van der Waals surface area contributed by atoms with Crippen LogP contribution in [0, 0.1) is 5.82 Å². The summed E-state index contributed by atoms with van der Waals surface area (Å²) in [5.74, 6) is 1.87. The summed E-state index contributed by atoms with van der Waals surface area (Å²) in [7, 11) is 3.22. The molecule has 0 aliphatic rings. The molecule has 3 rings (SSSR count). The first-order valence-electron chi connectivity index (χ1n) is 9.12. The lowest BCUT2D eigenvalue weighted by atomic mass is 10.2. The number of hydrogen-bond acceptors (Lipinski definition) is 5. The molecule has 0 aliphatic heterocycles. The lowest BCUT2D eigenvalue weighted by Crippen LogP contribution is -2.06. The molecule has 0 radical (unpaired) electrons. The van der Waals surface area contributed by atoms with E-state index in [-0.39, 0.29) is 5.82 Å². The average Bonchev–Trinajstić information content (AvgIpc) is 2.77. The molecule has 3 aromatic carbocycles. The molecule has 0 spiro atoms. The second kappa shape index (κ2) is 10.1. The summed E-state index contributed by atoms with van der Waals surface area (Å²) in [6.45, 7) is 0.955. The maximum absolute atomic E-state index is 12.9. The van der Waals surface area contributed by atoms with Crippen LogP contribution in [0.3, 0.4) is 0 Å². The molecule has 5 nitrogen and oxygen atoms in total. The number of benzene rings is 3. The minimum Gasteiger partial charge on any atom is -0.493 e. The number of nitrogens with one attached hydrogen (secondary N) is 1. The zero-order chi connectivity index (χ0) is 20.5. The molecule has 0 unspecified atom stereocenters. The highest BCUT2D eigenvalue weighted by Gasteiger charge is 2.03. The van der Waals surface area contributed by atoms with Gasteiger partial charge < -0.3 is 19.6 Å². The van der Waals surface area contributed by atoms with Gasteiger partial charge in [-0.1, -0.05) is 18.2 Å². The van der Waals surface area contributed by atoms with Gasteiger partial charge in [0.2, 0.25) is 0 Å². The van der Waals surface area contributed by atoms with E-state index in [1.807, 2.05) is 42.5 Å². The van der Waals surface area contributed by atoms with Crippen LogP contribution in [-0.4, -0.2) is 20.4 Å². The van der Waals surface area contributed by atoms with Gasteiger partial charge in [-0.15, -0.1) is 0 Å². The van der Waals surface area contributed by atoms with Crippen molar-refractivity contribution < 1.29 is 18.6 Å². The lowest BCUT2D eigenvalue weighted by molar-refractivity contribution is 0.306. The highest BCUT2D eigenvalue weighted by molar-refractivity contribution is 5.79. The van der Waals surface area contributed by atoms with Crippen molar-refractivity contribution in [1.29, 1.82) is 0 Å². The minimum atomic E-state index is -0.253. The minimum absolute atomic E-state index is 0.253. The Morgan fingerprint density at radius 1 is 0.862 bits per heavy atom. The Balaban J connectivity index is 1.48. The predicted molar refractivity (Wildman–Crippen MR) is 111 cm³/mol. The van der Waals surface area contributed by atoms with E-state index in [0.717, 1.165) is 22.4 Å². The normalized spacial score (nSPS) is 10.7. The zero-order valence-corrected chi connectivity index (χ0v) is 16.4. The van der Waals surface area contributed by atoms with Gasteiger partial charge >= 0.3 is 0 Å². The van der Waals surface area contributed by atoms with E-state index < -0.39 is 0 Å².